The Morgan fingerprint density at radius 1 is 1.79 bits per heavy atom. The minimum absolute atomic E-state index is 0.0503. The summed E-state index contributed by atoms with van der Waals surface area (Å²) in [6.45, 7) is 2.99. The van der Waals surface area contributed by atoms with Gasteiger partial charge in [-0.05, 0) is 30.4 Å². The molecule has 0 spiro atoms. The lowest BCUT2D eigenvalue weighted by atomic mass is 10.0. The molecule has 14 heavy (non-hydrogen) atoms. The number of carbonyl (C=O) groups excluding carboxylic acids is 1. The molecular formula is C10H14N2OS. The van der Waals surface area contributed by atoms with Crippen LogP contribution < -0.4 is 5.73 Å². The maximum Gasteiger partial charge on any atom is 0.236 e. The Labute approximate surface area is 87.5 Å². The summed E-state index contributed by atoms with van der Waals surface area (Å²) in [5, 5.41) is 2.09. The Balaban J connectivity index is 2.25. The van der Waals surface area contributed by atoms with Gasteiger partial charge < -0.3 is 10.6 Å². The number of carbonyl (C=O) groups is 1. The molecule has 0 aromatic carbocycles. The quantitative estimate of drug-likeness (QED) is 0.756. The summed E-state index contributed by atoms with van der Waals surface area (Å²) in [6, 6.07) is 2.31. The van der Waals surface area contributed by atoms with E-state index in [2.05, 4.69) is 18.4 Å². The fraction of sp³-hybridized carbons (Fsp3) is 0.500. The molecule has 1 aromatic rings. The minimum atomic E-state index is 0.0503. The Kier molecular flexibility index (Phi) is 2.56. The lowest BCUT2D eigenvalue weighted by Gasteiger charge is -2.33. The third-order valence-corrected chi connectivity index (χ3v) is 3.77. The van der Waals surface area contributed by atoms with Crippen molar-refractivity contribution in [1.82, 2.24) is 4.90 Å². The number of thiophene rings is 1. The van der Waals surface area contributed by atoms with Gasteiger partial charge in [-0.3, -0.25) is 4.79 Å². The van der Waals surface area contributed by atoms with E-state index in [9.17, 15) is 4.79 Å². The predicted octanol–water partition coefficient (Wildman–Crippen LogP) is 1.15. The van der Waals surface area contributed by atoms with Crippen molar-refractivity contribution in [2.24, 2.45) is 5.73 Å². The van der Waals surface area contributed by atoms with Crippen LogP contribution in [-0.4, -0.2) is 23.9 Å². The minimum Gasteiger partial charge on any atom is -0.334 e. The lowest BCUT2D eigenvalue weighted by Crippen LogP contribution is -2.41. The van der Waals surface area contributed by atoms with Crippen LogP contribution in [0.1, 0.15) is 23.4 Å². The van der Waals surface area contributed by atoms with Crippen LogP contribution in [0.25, 0.3) is 0 Å². The number of nitrogens with zero attached hydrogens (tertiary/aromatic N) is 1. The zero-order chi connectivity index (χ0) is 10.1. The number of hydrogen-bond acceptors (Lipinski definition) is 3. The monoisotopic (exact) mass is 210 g/mol. The largest absolute Gasteiger partial charge is 0.334 e. The van der Waals surface area contributed by atoms with Gasteiger partial charge in [0.25, 0.3) is 0 Å². The first-order chi connectivity index (χ1) is 6.74. The van der Waals surface area contributed by atoms with Gasteiger partial charge in [-0.15, -0.1) is 11.3 Å². The highest BCUT2D eigenvalue weighted by molar-refractivity contribution is 7.10. The molecule has 0 bridgehead atoms. The lowest BCUT2D eigenvalue weighted by molar-refractivity contribution is -0.132. The van der Waals surface area contributed by atoms with Crippen molar-refractivity contribution in [3.05, 3.63) is 21.9 Å². The number of nitrogens with two attached hydrogens (primary N) is 1. The number of fused-ring (bicyclic) bond motifs is 1. The van der Waals surface area contributed by atoms with E-state index >= 15 is 0 Å². The summed E-state index contributed by atoms with van der Waals surface area (Å²) in [5.41, 5.74) is 6.67. The van der Waals surface area contributed by atoms with Crippen molar-refractivity contribution in [3.63, 3.8) is 0 Å². The normalized spacial score (nSPS) is 20.7. The van der Waals surface area contributed by atoms with E-state index in [1.807, 2.05) is 4.90 Å². The first-order valence-corrected chi connectivity index (χ1v) is 5.68. The summed E-state index contributed by atoms with van der Waals surface area (Å²) in [5.74, 6) is 0.0503. The first-order valence-electron chi connectivity index (χ1n) is 4.80. The van der Waals surface area contributed by atoms with Gasteiger partial charge in [0.15, 0.2) is 0 Å². The average molecular weight is 210 g/mol. The van der Waals surface area contributed by atoms with Gasteiger partial charge >= 0.3 is 0 Å². The summed E-state index contributed by atoms with van der Waals surface area (Å²) in [7, 11) is 0. The van der Waals surface area contributed by atoms with Crippen molar-refractivity contribution < 1.29 is 4.79 Å². The third-order valence-electron chi connectivity index (χ3n) is 2.77. The van der Waals surface area contributed by atoms with Crippen molar-refractivity contribution in [2.45, 2.75) is 19.4 Å². The topological polar surface area (TPSA) is 46.3 Å². The highest BCUT2D eigenvalue weighted by Gasteiger charge is 2.27. The molecule has 0 saturated heterocycles. The average Bonchev–Trinajstić information content (AvgIpc) is 2.66. The highest BCUT2D eigenvalue weighted by Crippen LogP contribution is 2.32. The van der Waals surface area contributed by atoms with Crippen LogP contribution in [0.15, 0.2) is 11.4 Å². The molecule has 1 aromatic heterocycles. The SMILES string of the molecule is CC1c2ccsc2CCN1C(=O)CN. The molecule has 2 N–H and O–H groups in total. The Hall–Kier alpha value is -0.870. The zero-order valence-corrected chi connectivity index (χ0v) is 9.01. The van der Waals surface area contributed by atoms with E-state index in [4.69, 9.17) is 5.73 Å². The van der Waals surface area contributed by atoms with Gasteiger partial charge in [0.05, 0.1) is 12.6 Å². The Morgan fingerprint density at radius 2 is 2.57 bits per heavy atom. The maximum absolute atomic E-state index is 11.5. The van der Waals surface area contributed by atoms with Crippen LogP contribution in [0.3, 0.4) is 0 Å². The van der Waals surface area contributed by atoms with Gasteiger partial charge in [-0.2, -0.15) is 0 Å². The number of hydrogen-bond donors (Lipinski definition) is 1. The molecule has 2 rings (SSSR count). The third kappa shape index (κ3) is 1.44. The molecule has 2 heterocycles. The molecule has 0 aliphatic carbocycles. The van der Waals surface area contributed by atoms with Crippen molar-refractivity contribution in [1.29, 1.82) is 0 Å². The maximum atomic E-state index is 11.5. The van der Waals surface area contributed by atoms with Crippen LogP contribution in [0.2, 0.25) is 0 Å². The predicted molar refractivity (Wildman–Crippen MR) is 57.2 cm³/mol. The molecule has 4 heteroatoms. The summed E-state index contributed by atoms with van der Waals surface area (Å²) in [4.78, 5) is 14.8. The van der Waals surface area contributed by atoms with Gasteiger partial charge in [0.2, 0.25) is 5.91 Å². The molecule has 1 atom stereocenters. The molecule has 1 unspecified atom stereocenters. The van der Waals surface area contributed by atoms with Gasteiger partial charge in [-0.1, -0.05) is 0 Å². The summed E-state index contributed by atoms with van der Waals surface area (Å²) < 4.78 is 0. The van der Waals surface area contributed by atoms with Crippen molar-refractivity contribution >= 4 is 17.2 Å². The summed E-state index contributed by atoms with van der Waals surface area (Å²) >= 11 is 1.78. The molecule has 1 aliphatic rings. The van der Waals surface area contributed by atoms with Gasteiger partial charge in [0, 0.05) is 11.4 Å². The first kappa shape index (κ1) is 9.68. The van der Waals surface area contributed by atoms with E-state index in [0.717, 1.165) is 13.0 Å². The summed E-state index contributed by atoms with van der Waals surface area (Å²) in [6.07, 6.45) is 0.975. The van der Waals surface area contributed by atoms with E-state index in [1.165, 1.54) is 10.4 Å². The zero-order valence-electron chi connectivity index (χ0n) is 8.19. The molecule has 0 fully saturated rings. The second-order valence-corrected chi connectivity index (χ2v) is 4.52. The van der Waals surface area contributed by atoms with E-state index < -0.39 is 0 Å². The molecule has 1 aliphatic heterocycles. The van der Waals surface area contributed by atoms with Crippen LogP contribution in [-0.2, 0) is 11.2 Å². The van der Waals surface area contributed by atoms with Crippen LogP contribution in [0.5, 0.6) is 0 Å². The smallest absolute Gasteiger partial charge is 0.236 e. The Bertz CT molecular complexity index is 348. The Morgan fingerprint density at radius 3 is 3.29 bits per heavy atom. The number of amides is 1. The van der Waals surface area contributed by atoms with Crippen molar-refractivity contribution in [3.8, 4) is 0 Å². The molecule has 0 saturated carbocycles. The van der Waals surface area contributed by atoms with Crippen LogP contribution in [0, 0.1) is 0 Å². The molecule has 76 valence electrons. The standard InChI is InChI=1S/C10H14N2OS/c1-7-8-3-5-14-9(8)2-4-12(7)10(13)6-11/h3,5,7H,2,4,6,11H2,1H3. The van der Waals surface area contributed by atoms with Gasteiger partial charge in [-0.25, -0.2) is 0 Å². The van der Waals surface area contributed by atoms with E-state index in [-0.39, 0.29) is 18.5 Å². The van der Waals surface area contributed by atoms with Gasteiger partial charge in [0.1, 0.15) is 0 Å². The molecule has 0 radical (unpaired) electrons. The fourth-order valence-corrected chi connectivity index (χ4v) is 2.93. The fourth-order valence-electron chi connectivity index (χ4n) is 1.97. The van der Waals surface area contributed by atoms with E-state index in [1.54, 1.807) is 11.3 Å². The van der Waals surface area contributed by atoms with Crippen LogP contribution in [0.4, 0.5) is 0 Å². The molecule has 1 amide bonds. The van der Waals surface area contributed by atoms with Crippen molar-refractivity contribution in [2.75, 3.05) is 13.1 Å². The van der Waals surface area contributed by atoms with E-state index in [0.29, 0.717) is 0 Å². The second-order valence-electron chi connectivity index (χ2n) is 3.52. The number of rotatable bonds is 1. The van der Waals surface area contributed by atoms with Crippen LogP contribution >= 0.6 is 11.3 Å². The second kappa shape index (κ2) is 3.71. The molecule has 3 nitrogen and oxygen atoms in total. The highest BCUT2D eigenvalue weighted by atomic mass is 32.1. The molecular weight excluding hydrogens is 196 g/mol.